The van der Waals surface area contributed by atoms with Crippen LogP contribution < -0.4 is 5.32 Å². The minimum absolute atomic E-state index is 0.104. The molecule has 0 saturated carbocycles. The second kappa shape index (κ2) is 7.85. The van der Waals surface area contributed by atoms with Crippen LogP contribution in [0.1, 0.15) is 18.4 Å². The Morgan fingerprint density at radius 3 is 2.86 bits per heavy atom. The van der Waals surface area contributed by atoms with E-state index in [4.69, 9.17) is 23.2 Å². The van der Waals surface area contributed by atoms with Gasteiger partial charge in [-0.25, -0.2) is 0 Å². The molecule has 1 aromatic heterocycles. The first-order valence-corrected chi connectivity index (χ1v) is 8.44. The summed E-state index contributed by atoms with van der Waals surface area (Å²) in [5.41, 5.74) is 1.36. The maximum atomic E-state index is 12.0. The predicted molar refractivity (Wildman–Crippen MR) is 90.8 cm³/mol. The second-order valence-corrected chi connectivity index (χ2v) is 6.63. The van der Waals surface area contributed by atoms with Gasteiger partial charge in [0, 0.05) is 19.2 Å². The van der Waals surface area contributed by atoms with Gasteiger partial charge >= 0.3 is 0 Å². The zero-order valence-corrected chi connectivity index (χ0v) is 14.6. The molecule has 1 amide bonds. The van der Waals surface area contributed by atoms with Gasteiger partial charge in [-0.05, 0) is 25.0 Å². The third-order valence-corrected chi connectivity index (χ3v) is 4.92. The van der Waals surface area contributed by atoms with Gasteiger partial charge in [0.15, 0.2) is 5.16 Å². The normalized spacial score (nSPS) is 10.7. The number of rotatable bonds is 6. The van der Waals surface area contributed by atoms with Gasteiger partial charge in [0.1, 0.15) is 6.33 Å². The summed E-state index contributed by atoms with van der Waals surface area (Å²) in [6.07, 6.45) is 2.77. The lowest BCUT2D eigenvalue weighted by molar-refractivity contribution is -0.116. The number of carbonyl (C=O) groups excluding carboxylic acids is 1. The monoisotopic (exact) mass is 358 g/mol. The van der Waals surface area contributed by atoms with Crippen molar-refractivity contribution in [2.75, 3.05) is 11.1 Å². The molecule has 1 N–H and O–H groups in total. The van der Waals surface area contributed by atoms with Crippen molar-refractivity contribution in [1.29, 1.82) is 0 Å². The summed E-state index contributed by atoms with van der Waals surface area (Å²) in [5.74, 6) is 0.683. The van der Waals surface area contributed by atoms with Crippen LogP contribution in [0.15, 0.2) is 23.6 Å². The van der Waals surface area contributed by atoms with Gasteiger partial charge in [-0.3, -0.25) is 4.79 Å². The van der Waals surface area contributed by atoms with E-state index in [9.17, 15) is 4.79 Å². The quantitative estimate of drug-likeness (QED) is 0.627. The number of halogens is 2. The molecular formula is C14H16Cl2N4OS. The van der Waals surface area contributed by atoms with E-state index in [1.54, 1.807) is 24.2 Å². The Balaban J connectivity index is 1.81. The summed E-state index contributed by atoms with van der Waals surface area (Å²) < 4.78 is 1.84. The van der Waals surface area contributed by atoms with Crippen molar-refractivity contribution in [1.82, 2.24) is 14.8 Å². The molecular weight excluding hydrogens is 343 g/mol. The molecule has 0 unspecified atom stereocenters. The Bertz CT molecular complexity index is 675. The second-order valence-electron chi connectivity index (χ2n) is 4.78. The molecule has 5 nitrogen and oxygen atoms in total. The van der Waals surface area contributed by atoms with Gasteiger partial charge in [-0.2, -0.15) is 0 Å². The van der Waals surface area contributed by atoms with Gasteiger partial charge < -0.3 is 9.88 Å². The maximum Gasteiger partial charge on any atom is 0.224 e. The van der Waals surface area contributed by atoms with Gasteiger partial charge in [-0.1, -0.05) is 41.0 Å². The first-order valence-electron chi connectivity index (χ1n) is 6.70. The van der Waals surface area contributed by atoms with Gasteiger partial charge in [0.25, 0.3) is 0 Å². The Kier molecular flexibility index (Phi) is 6.11. The molecule has 2 rings (SSSR count). The molecule has 0 radical (unpaired) electrons. The van der Waals surface area contributed by atoms with Crippen molar-refractivity contribution >= 4 is 46.6 Å². The number of nitrogens with zero attached hydrogens (tertiary/aromatic N) is 3. The number of aromatic nitrogens is 3. The molecule has 0 saturated heterocycles. The fraction of sp³-hybridized carbons (Fsp3) is 0.357. The number of benzene rings is 1. The molecule has 0 atom stereocenters. The SMILES string of the molecule is Cc1ccc(Cl)c(NC(=O)CCCSc2nncn2C)c1Cl. The van der Waals surface area contributed by atoms with Crippen LogP contribution >= 0.6 is 35.0 Å². The minimum Gasteiger partial charge on any atom is -0.324 e. The molecule has 0 bridgehead atoms. The zero-order chi connectivity index (χ0) is 16.1. The molecule has 0 aliphatic heterocycles. The molecule has 1 heterocycles. The van der Waals surface area contributed by atoms with Crippen LogP contribution in [0.25, 0.3) is 0 Å². The number of thioether (sulfide) groups is 1. The van der Waals surface area contributed by atoms with Crippen molar-refractivity contribution in [2.45, 2.75) is 24.9 Å². The topological polar surface area (TPSA) is 59.8 Å². The number of hydrogen-bond acceptors (Lipinski definition) is 4. The van der Waals surface area contributed by atoms with Gasteiger partial charge in [-0.15, -0.1) is 10.2 Å². The number of nitrogens with one attached hydrogen (secondary N) is 1. The first kappa shape index (κ1) is 17.1. The van der Waals surface area contributed by atoms with E-state index in [0.29, 0.717) is 22.2 Å². The number of aryl methyl sites for hydroxylation is 2. The lowest BCUT2D eigenvalue weighted by atomic mass is 10.2. The van der Waals surface area contributed by atoms with E-state index >= 15 is 0 Å². The van der Waals surface area contributed by atoms with Crippen molar-refractivity contribution in [2.24, 2.45) is 7.05 Å². The Morgan fingerprint density at radius 2 is 2.18 bits per heavy atom. The highest BCUT2D eigenvalue weighted by Gasteiger charge is 2.12. The highest BCUT2D eigenvalue weighted by atomic mass is 35.5. The summed E-state index contributed by atoms with van der Waals surface area (Å²) in [7, 11) is 1.89. The highest BCUT2D eigenvalue weighted by Crippen LogP contribution is 2.33. The summed E-state index contributed by atoms with van der Waals surface area (Å²) in [4.78, 5) is 12.0. The number of amides is 1. The molecule has 0 fully saturated rings. The van der Waals surface area contributed by atoms with Gasteiger partial charge in [0.05, 0.1) is 15.7 Å². The summed E-state index contributed by atoms with van der Waals surface area (Å²) in [5, 5.41) is 12.3. The van der Waals surface area contributed by atoms with E-state index in [-0.39, 0.29) is 5.91 Å². The van der Waals surface area contributed by atoms with E-state index in [0.717, 1.165) is 22.9 Å². The van der Waals surface area contributed by atoms with Crippen molar-refractivity contribution in [3.05, 3.63) is 34.1 Å². The molecule has 2 aromatic rings. The number of carbonyl (C=O) groups is 1. The van der Waals surface area contributed by atoms with E-state index in [1.165, 1.54) is 0 Å². The molecule has 1 aromatic carbocycles. The summed E-state index contributed by atoms with van der Waals surface area (Å²) in [6.45, 7) is 1.87. The average molecular weight is 359 g/mol. The van der Waals surface area contributed by atoms with Crippen LogP contribution in [0.4, 0.5) is 5.69 Å². The standard InChI is InChI=1S/C14H16Cl2N4OS/c1-9-5-6-10(15)13(12(9)16)18-11(21)4-3-7-22-14-19-17-8-20(14)2/h5-6,8H,3-4,7H2,1-2H3,(H,18,21). The van der Waals surface area contributed by atoms with Crippen LogP contribution in [0.2, 0.25) is 10.0 Å². The zero-order valence-electron chi connectivity index (χ0n) is 12.3. The fourth-order valence-corrected chi connectivity index (χ4v) is 3.06. The third-order valence-electron chi connectivity index (χ3n) is 3.00. The van der Waals surface area contributed by atoms with E-state index in [1.807, 2.05) is 24.6 Å². The lowest BCUT2D eigenvalue weighted by Gasteiger charge is -2.11. The molecule has 0 aliphatic carbocycles. The van der Waals surface area contributed by atoms with Crippen LogP contribution in [-0.2, 0) is 11.8 Å². The summed E-state index contributed by atoms with van der Waals surface area (Å²) >= 11 is 13.8. The maximum absolute atomic E-state index is 12.0. The highest BCUT2D eigenvalue weighted by molar-refractivity contribution is 7.99. The number of anilines is 1. The first-order chi connectivity index (χ1) is 10.5. The van der Waals surface area contributed by atoms with Crippen molar-refractivity contribution in [3.63, 3.8) is 0 Å². The van der Waals surface area contributed by atoms with Crippen LogP contribution in [-0.4, -0.2) is 26.4 Å². The van der Waals surface area contributed by atoms with Crippen molar-refractivity contribution in [3.8, 4) is 0 Å². The van der Waals surface area contributed by atoms with Crippen molar-refractivity contribution < 1.29 is 4.79 Å². The third kappa shape index (κ3) is 4.38. The molecule has 0 spiro atoms. The smallest absolute Gasteiger partial charge is 0.224 e. The molecule has 8 heteroatoms. The van der Waals surface area contributed by atoms with Gasteiger partial charge in [0.2, 0.25) is 5.91 Å². The Labute approximate surface area is 143 Å². The van der Waals surface area contributed by atoms with E-state index < -0.39 is 0 Å². The number of hydrogen-bond donors (Lipinski definition) is 1. The minimum atomic E-state index is -0.104. The molecule has 0 aliphatic rings. The summed E-state index contributed by atoms with van der Waals surface area (Å²) in [6, 6.07) is 3.54. The largest absolute Gasteiger partial charge is 0.324 e. The lowest BCUT2D eigenvalue weighted by Crippen LogP contribution is -2.12. The van der Waals surface area contributed by atoms with E-state index in [2.05, 4.69) is 15.5 Å². The predicted octanol–water partition coefficient (Wildman–Crippen LogP) is 3.94. The fourth-order valence-electron chi connectivity index (χ4n) is 1.77. The Hall–Kier alpha value is -1.24. The van der Waals surface area contributed by atoms with Crippen LogP contribution in [0, 0.1) is 6.92 Å². The van der Waals surface area contributed by atoms with Crippen LogP contribution in [0.3, 0.4) is 0 Å². The molecule has 118 valence electrons. The van der Waals surface area contributed by atoms with Crippen LogP contribution in [0.5, 0.6) is 0 Å². The average Bonchev–Trinajstić information content (AvgIpc) is 2.89. The Morgan fingerprint density at radius 1 is 1.41 bits per heavy atom. The molecule has 22 heavy (non-hydrogen) atoms.